The molecule has 0 radical (unpaired) electrons. The zero-order chi connectivity index (χ0) is 13.8. The third-order valence-electron chi connectivity index (χ3n) is 3.03. The van der Waals surface area contributed by atoms with Crippen molar-refractivity contribution >= 4 is 27.3 Å². The molecule has 1 nitrogen and oxygen atoms in total. The molecule has 1 N–H and O–H groups in total. The predicted molar refractivity (Wildman–Crippen MR) is 83.1 cm³/mol. The highest BCUT2D eigenvalue weighted by Crippen LogP contribution is 2.29. The number of thiophene rings is 1. The zero-order valence-electron chi connectivity index (χ0n) is 11.0. The van der Waals surface area contributed by atoms with Gasteiger partial charge >= 0.3 is 0 Å². The number of rotatable bonds is 5. The van der Waals surface area contributed by atoms with E-state index in [0.717, 1.165) is 16.5 Å². The monoisotopic (exact) mass is 341 g/mol. The number of nitrogens with one attached hydrogen (secondary N) is 1. The third-order valence-corrected chi connectivity index (χ3v) is 5.08. The average molecular weight is 342 g/mol. The Hall–Kier alpha value is -0.710. The van der Waals surface area contributed by atoms with Crippen LogP contribution in [0.25, 0.3) is 0 Å². The van der Waals surface area contributed by atoms with Crippen LogP contribution in [-0.4, -0.2) is 6.04 Å². The first kappa shape index (κ1) is 14.7. The van der Waals surface area contributed by atoms with Crippen molar-refractivity contribution < 1.29 is 4.39 Å². The second-order valence-corrected chi connectivity index (χ2v) is 6.55. The molecule has 0 spiro atoms. The van der Waals surface area contributed by atoms with Gasteiger partial charge in [-0.3, -0.25) is 0 Å². The lowest BCUT2D eigenvalue weighted by Crippen LogP contribution is -2.30. The number of benzene rings is 1. The quantitative estimate of drug-likeness (QED) is 0.812. The average Bonchev–Trinajstić information content (AvgIpc) is 2.78. The Morgan fingerprint density at radius 1 is 1.21 bits per heavy atom. The van der Waals surface area contributed by atoms with Gasteiger partial charge in [-0.25, -0.2) is 4.39 Å². The van der Waals surface area contributed by atoms with Gasteiger partial charge in [-0.15, -0.1) is 11.3 Å². The van der Waals surface area contributed by atoms with Gasteiger partial charge in [0.25, 0.3) is 0 Å². The lowest BCUT2D eigenvalue weighted by molar-refractivity contribution is 0.480. The SMILES string of the molecule is CC(Cc1ccc(F)cc1)NC(C)c1sccc1Br. The van der Waals surface area contributed by atoms with Crippen molar-refractivity contribution in [3.05, 3.63) is 56.4 Å². The summed E-state index contributed by atoms with van der Waals surface area (Å²) in [7, 11) is 0. The normalized spacial score (nSPS) is 14.3. The van der Waals surface area contributed by atoms with Crippen molar-refractivity contribution in [3.63, 3.8) is 0 Å². The standard InChI is InChI=1S/C15H17BrFNS/c1-10(9-12-3-5-13(17)6-4-12)18-11(2)15-14(16)7-8-19-15/h3-8,10-11,18H,9H2,1-2H3. The van der Waals surface area contributed by atoms with Crippen LogP contribution in [0.15, 0.2) is 40.2 Å². The van der Waals surface area contributed by atoms with Crippen LogP contribution >= 0.6 is 27.3 Å². The van der Waals surface area contributed by atoms with E-state index in [9.17, 15) is 4.39 Å². The van der Waals surface area contributed by atoms with E-state index in [1.807, 2.05) is 12.1 Å². The Bertz CT molecular complexity index is 523. The molecule has 0 aliphatic carbocycles. The molecule has 0 fully saturated rings. The highest BCUT2D eigenvalue weighted by Gasteiger charge is 2.13. The molecular formula is C15H17BrFNS. The van der Waals surface area contributed by atoms with Gasteiger partial charge < -0.3 is 5.32 Å². The molecule has 19 heavy (non-hydrogen) atoms. The Kier molecular flexibility index (Phi) is 5.13. The number of halogens is 2. The summed E-state index contributed by atoms with van der Waals surface area (Å²) in [5, 5.41) is 5.66. The molecular weight excluding hydrogens is 325 g/mol. The fraction of sp³-hybridized carbons (Fsp3) is 0.333. The minimum absolute atomic E-state index is 0.180. The van der Waals surface area contributed by atoms with Crippen LogP contribution in [0.2, 0.25) is 0 Å². The molecule has 0 saturated heterocycles. The highest BCUT2D eigenvalue weighted by atomic mass is 79.9. The zero-order valence-corrected chi connectivity index (χ0v) is 13.4. The maximum atomic E-state index is 12.8. The second-order valence-electron chi connectivity index (χ2n) is 4.75. The largest absolute Gasteiger partial charge is 0.307 e. The summed E-state index contributed by atoms with van der Waals surface area (Å²) < 4.78 is 14.0. The molecule has 102 valence electrons. The van der Waals surface area contributed by atoms with Crippen LogP contribution in [-0.2, 0) is 6.42 Å². The van der Waals surface area contributed by atoms with Crippen LogP contribution in [0, 0.1) is 5.82 Å². The minimum Gasteiger partial charge on any atom is -0.307 e. The summed E-state index contributed by atoms with van der Waals surface area (Å²) in [4.78, 5) is 1.31. The minimum atomic E-state index is -0.180. The van der Waals surface area contributed by atoms with Gasteiger partial charge in [0, 0.05) is 21.4 Å². The molecule has 2 aromatic rings. The van der Waals surface area contributed by atoms with Gasteiger partial charge in [-0.1, -0.05) is 12.1 Å². The maximum Gasteiger partial charge on any atom is 0.123 e. The summed E-state index contributed by atoms with van der Waals surface area (Å²) >= 11 is 5.31. The number of hydrogen-bond donors (Lipinski definition) is 1. The molecule has 1 aromatic heterocycles. The van der Waals surface area contributed by atoms with Gasteiger partial charge in [-0.05, 0) is 65.3 Å². The Morgan fingerprint density at radius 2 is 1.89 bits per heavy atom. The van der Waals surface area contributed by atoms with Crippen molar-refractivity contribution in [1.82, 2.24) is 5.32 Å². The van der Waals surface area contributed by atoms with Crippen LogP contribution < -0.4 is 5.32 Å². The van der Waals surface area contributed by atoms with E-state index in [2.05, 4.69) is 46.5 Å². The van der Waals surface area contributed by atoms with Crippen LogP contribution in [0.3, 0.4) is 0 Å². The third kappa shape index (κ3) is 4.13. The first-order chi connectivity index (χ1) is 9.06. The summed E-state index contributed by atoms with van der Waals surface area (Å²) in [5.74, 6) is -0.180. The van der Waals surface area contributed by atoms with Crippen molar-refractivity contribution in [1.29, 1.82) is 0 Å². The van der Waals surface area contributed by atoms with Crippen molar-refractivity contribution in [3.8, 4) is 0 Å². The van der Waals surface area contributed by atoms with Crippen molar-refractivity contribution in [2.24, 2.45) is 0 Å². The molecule has 2 rings (SSSR count). The molecule has 0 aliphatic rings. The smallest absolute Gasteiger partial charge is 0.123 e. The van der Waals surface area contributed by atoms with Gasteiger partial charge in [0.2, 0.25) is 0 Å². The number of hydrogen-bond acceptors (Lipinski definition) is 2. The lowest BCUT2D eigenvalue weighted by atomic mass is 10.1. The Morgan fingerprint density at radius 3 is 2.47 bits per heavy atom. The molecule has 4 heteroatoms. The fourth-order valence-electron chi connectivity index (χ4n) is 2.15. The molecule has 0 amide bonds. The summed E-state index contributed by atoms with van der Waals surface area (Å²) in [6.45, 7) is 4.32. The highest BCUT2D eigenvalue weighted by molar-refractivity contribution is 9.10. The first-order valence-corrected chi connectivity index (χ1v) is 7.97. The topological polar surface area (TPSA) is 12.0 Å². The van der Waals surface area contributed by atoms with Crippen LogP contribution in [0.4, 0.5) is 4.39 Å². The molecule has 0 bridgehead atoms. The van der Waals surface area contributed by atoms with E-state index in [4.69, 9.17) is 0 Å². The predicted octanol–water partition coefficient (Wildman–Crippen LogP) is 4.93. The van der Waals surface area contributed by atoms with Crippen LogP contribution in [0.5, 0.6) is 0 Å². The van der Waals surface area contributed by atoms with Crippen molar-refractivity contribution in [2.45, 2.75) is 32.4 Å². The molecule has 0 saturated carbocycles. The Balaban J connectivity index is 1.92. The van der Waals surface area contributed by atoms with Gasteiger partial charge in [0.1, 0.15) is 5.82 Å². The lowest BCUT2D eigenvalue weighted by Gasteiger charge is -2.19. The summed E-state index contributed by atoms with van der Waals surface area (Å²) in [6, 6.07) is 9.45. The van der Waals surface area contributed by atoms with E-state index in [-0.39, 0.29) is 5.82 Å². The van der Waals surface area contributed by atoms with Gasteiger partial charge in [0.05, 0.1) is 0 Å². The van der Waals surface area contributed by atoms with E-state index in [1.54, 1.807) is 11.3 Å². The van der Waals surface area contributed by atoms with Gasteiger partial charge in [0.15, 0.2) is 0 Å². The van der Waals surface area contributed by atoms with Gasteiger partial charge in [-0.2, -0.15) is 0 Å². The fourth-order valence-corrected chi connectivity index (χ4v) is 3.88. The maximum absolute atomic E-state index is 12.8. The molecule has 0 aliphatic heterocycles. The molecule has 1 heterocycles. The molecule has 2 unspecified atom stereocenters. The van der Waals surface area contributed by atoms with E-state index in [1.165, 1.54) is 17.0 Å². The Labute approximate surface area is 126 Å². The second kappa shape index (κ2) is 6.64. The van der Waals surface area contributed by atoms with Crippen LogP contribution in [0.1, 0.15) is 30.3 Å². The van der Waals surface area contributed by atoms with E-state index >= 15 is 0 Å². The molecule has 1 aromatic carbocycles. The summed E-state index contributed by atoms with van der Waals surface area (Å²) in [5.41, 5.74) is 1.15. The summed E-state index contributed by atoms with van der Waals surface area (Å²) in [6.07, 6.45) is 0.896. The van der Waals surface area contributed by atoms with Crippen molar-refractivity contribution in [2.75, 3.05) is 0 Å². The van der Waals surface area contributed by atoms with E-state index in [0.29, 0.717) is 12.1 Å². The molecule has 2 atom stereocenters. The first-order valence-electron chi connectivity index (χ1n) is 6.29. The van der Waals surface area contributed by atoms with E-state index < -0.39 is 0 Å².